The van der Waals surface area contributed by atoms with E-state index >= 15 is 0 Å². The highest BCUT2D eigenvalue weighted by Gasteiger charge is 2.19. The van der Waals surface area contributed by atoms with Crippen molar-refractivity contribution in [3.8, 4) is 0 Å². The first kappa shape index (κ1) is 15.4. The fourth-order valence-corrected chi connectivity index (χ4v) is 1.76. The van der Waals surface area contributed by atoms with Crippen molar-refractivity contribution in [1.29, 1.82) is 0 Å². The van der Waals surface area contributed by atoms with Crippen molar-refractivity contribution in [1.82, 2.24) is 9.47 Å². The van der Waals surface area contributed by atoms with Gasteiger partial charge in [-0.25, -0.2) is 0 Å². The lowest BCUT2D eigenvalue weighted by Gasteiger charge is -2.26. The summed E-state index contributed by atoms with van der Waals surface area (Å²) in [6, 6.07) is 3.00. The number of carbonyl (C=O) groups is 1. The molecule has 0 saturated heterocycles. The number of carbonyl (C=O) groups excluding carboxylic acids is 1. The summed E-state index contributed by atoms with van der Waals surface area (Å²) in [7, 11) is 1.64. The van der Waals surface area contributed by atoms with Crippen molar-refractivity contribution in [3.05, 3.63) is 34.2 Å². The van der Waals surface area contributed by atoms with Crippen LogP contribution in [0, 0.1) is 0 Å². The van der Waals surface area contributed by atoms with Crippen LogP contribution in [0.25, 0.3) is 0 Å². The summed E-state index contributed by atoms with van der Waals surface area (Å²) in [5.74, 6) is -0.177. The standard InChI is InChI=1S/C13H19N3O2S/c1-9(2)16(7-5-11(14)19)13(18)10-4-6-15(3)12(17)8-10/h4,6,8-9H,5,7H2,1-3H3,(H2,14,19). The van der Waals surface area contributed by atoms with Crippen LogP contribution >= 0.6 is 12.2 Å². The highest BCUT2D eigenvalue weighted by atomic mass is 32.1. The molecule has 104 valence electrons. The molecule has 1 rings (SSSR count). The topological polar surface area (TPSA) is 68.3 Å². The van der Waals surface area contributed by atoms with Crippen LogP contribution in [0.1, 0.15) is 30.6 Å². The fraction of sp³-hybridized carbons (Fsp3) is 0.462. The van der Waals surface area contributed by atoms with Gasteiger partial charge in [-0.15, -0.1) is 0 Å². The van der Waals surface area contributed by atoms with Crippen LogP contribution in [-0.2, 0) is 7.05 Å². The fourth-order valence-electron chi connectivity index (χ4n) is 1.67. The lowest BCUT2D eigenvalue weighted by atomic mass is 10.2. The van der Waals surface area contributed by atoms with Crippen molar-refractivity contribution in [2.24, 2.45) is 12.8 Å². The van der Waals surface area contributed by atoms with E-state index in [1.54, 1.807) is 24.2 Å². The summed E-state index contributed by atoms with van der Waals surface area (Å²) >= 11 is 4.83. The van der Waals surface area contributed by atoms with Crippen LogP contribution < -0.4 is 11.3 Å². The molecule has 6 heteroatoms. The van der Waals surface area contributed by atoms with Gasteiger partial charge in [0.1, 0.15) is 0 Å². The lowest BCUT2D eigenvalue weighted by molar-refractivity contribution is 0.0711. The molecule has 0 radical (unpaired) electrons. The predicted molar refractivity (Wildman–Crippen MR) is 79.3 cm³/mol. The van der Waals surface area contributed by atoms with Crippen LogP contribution in [-0.4, -0.2) is 32.9 Å². The Bertz CT molecular complexity index is 537. The molecule has 0 aliphatic carbocycles. The molecule has 0 bridgehead atoms. The number of rotatable bonds is 5. The molecule has 0 aliphatic rings. The first-order chi connectivity index (χ1) is 8.82. The number of hydrogen-bond donors (Lipinski definition) is 1. The third-order valence-corrected chi connectivity index (χ3v) is 3.04. The largest absolute Gasteiger partial charge is 0.393 e. The molecule has 1 amide bonds. The van der Waals surface area contributed by atoms with Crippen LogP contribution in [0.2, 0.25) is 0 Å². The minimum absolute atomic E-state index is 0.0194. The Morgan fingerprint density at radius 1 is 1.53 bits per heavy atom. The van der Waals surface area contributed by atoms with Crippen molar-refractivity contribution in [2.75, 3.05) is 6.54 Å². The first-order valence-corrected chi connectivity index (χ1v) is 6.49. The second-order valence-electron chi connectivity index (χ2n) is 4.67. The van der Waals surface area contributed by atoms with E-state index in [-0.39, 0.29) is 17.5 Å². The molecule has 5 nitrogen and oxygen atoms in total. The van der Waals surface area contributed by atoms with Gasteiger partial charge in [-0.1, -0.05) is 12.2 Å². The molecule has 0 fully saturated rings. The van der Waals surface area contributed by atoms with Crippen LogP contribution in [0.4, 0.5) is 0 Å². The normalized spacial score (nSPS) is 10.5. The van der Waals surface area contributed by atoms with Gasteiger partial charge >= 0.3 is 0 Å². The molecule has 1 heterocycles. The molecule has 0 atom stereocenters. The minimum atomic E-state index is -0.205. The third-order valence-electron chi connectivity index (χ3n) is 2.83. The highest BCUT2D eigenvalue weighted by Crippen LogP contribution is 2.07. The van der Waals surface area contributed by atoms with E-state index in [2.05, 4.69) is 0 Å². The second-order valence-corrected chi connectivity index (χ2v) is 5.20. The maximum atomic E-state index is 12.4. The van der Waals surface area contributed by atoms with Crippen molar-refractivity contribution >= 4 is 23.1 Å². The molecule has 19 heavy (non-hydrogen) atoms. The van der Waals surface area contributed by atoms with Crippen molar-refractivity contribution in [2.45, 2.75) is 26.3 Å². The maximum Gasteiger partial charge on any atom is 0.254 e. The Balaban J connectivity index is 2.95. The van der Waals surface area contributed by atoms with Gasteiger partial charge in [0.15, 0.2) is 0 Å². The molecule has 2 N–H and O–H groups in total. The number of thiocarbonyl (C=S) groups is 1. The van der Waals surface area contributed by atoms with Crippen LogP contribution in [0.5, 0.6) is 0 Å². The average molecular weight is 281 g/mol. The third kappa shape index (κ3) is 4.17. The summed E-state index contributed by atoms with van der Waals surface area (Å²) in [6.45, 7) is 4.29. The maximum absolute atomic E-state index is 12.4. The Morgan fingerprint density at radius 2 is 2.16 bits per heavy atom. The zero-order chi connectivity index (χ0) is 14.6. The van der Waals surface area contributed by atoms with Crippen LogP contribution in [0.3, 0.4) is 0 Å². The molecule has 0 aliphatic heterocycles. The zero-order valence-corrected chi connectivity index (χ0v) is 12.2. The number of amides is 1. The Morgan fingerprint density at radius 3 is 2.63 bits per heavy atom. The van der Waals surface area contributed by atoms with E-state index in [0.717, 1.165) is 0 Å². The van der Waals surface area contributed by atoms with E-state index in [1.807, 2.05) is 13.8 Å². The lowest BCUT2D eigenvalue weighted by Crippen LogP contribution is -2.39. The molecule has 0 unspecified atom stereocenters. The first-order valence-electron chi connectivity index (χ1n) is 6.09. The molecule has 0 aromatic carbocycles. The zero-order valence-electron chi connectivity index (χ0n) is 11.4. The number of nitrogens with two attached hydrogens (primary N) is 1. The minimum Gasteiger partial charge on any atom is -0.393 e. The van der Waals surface area contributed by atoms with Gasteiger partial charge in [-0.2, -0.15) is 0 Å². The van der Waals surface area contributed by atoms with E-state index in [4.69, 9.17) is 18.0 Å². The number of nitrogens with zero attached hydrogens (tertiary/aromatic N) is 2. The Labute approximate surface area is 118 Å². The van der Waals surface area contributed by atoms with Gasteiger partial charge in [0.2, 0.25) is 0 Å². The average Bonchev–Trinajstić information content (AvgIpc) is 2.31. The van der Waals surface area contributed by atoms with Gasteiger partial charge in [-0.3, -0.25) is 9.59 Å². The predicted octanol–water partition coefficient (Wildman–Crippen LogP) is 0.912. The molecule has 1 aromatic rings. The summed E-state index contributed by atoms with van der Waals surface area (Å²) in [5, 5.41) is 0. The van der Waals surface area contributed by atoms with Gasteiger partial charge in [0.05, 0.1) is 4.99 Å². The smallest absolute Gasteiger partial charge is 0.254 e. The number of hydrogen-bond acceptors (Lipinski definition) is 3. The molecule has 0 saturated carbocycles. The monoisotopic (exact) mass is 281 g/mol. The summed E-state index contributed by atoms with van der Waals surface area (Å²) in [6.07, 6.45) is 2.06. The van der Waals surface area contributed by atoms with Gasteiger partial charge in [0.25, 0.3) is 11.5 Å². The Kier molecular flexibility index (Phi) is 5.23. The highest BCUT2D eigenvalue weighted by molar-refractivity contribution is 7.80. The van der Waals surface area contributed by atoms with E-state index in [9.17, 15) is 9.59 Å². The quantitative estimate of drug-likeness (QED) is 0.815. The van der Waals surface area contributed by atoms with Gasteiger partial charge in [0, 0.05) is 43.9 Å². The summed E-state index contributed by atoms with van der Waals surface area (Å²) < 4.78 is 1.42. The second kappa shape index (κ2) is 6.47. The van der Waals surface area contributed by atoms with Gasteiger partial charge < -0.3 is 15.2 Å². The Hall–Kier alpha value is -1.69. The number of aromatic nitrogens is 1. The van der Waals surface area contributed by atoms with E-state index < -0.39 is 0 Å². The molecule has 1 aromatic heterocycles. The van der Waals surface area contributed by atoms with Crippen molar-refractivity contribution in [3.63, 3.8) is 0 Å². The SMILES string of the molecule is CC(C)N(CCC(N)=S)C(=O)c1ccn(C)c(=O)c1. The number of aryl methyl sites for hydroxylation is 1. The molecular weight excluding hydrogens is 262 g/mol. The number of pyridine rings is 1. The summed E-state index contributed by atoms with van der Waals surface area (Å²) in [5.41, 5.74) is 5.65. The van der Waals surface area contributed by atoms with Gasteiger partial charge in [-0.05, 0) is 19.9 Å². The van der Waals surface area contributed by atoms with E-state index in [1.165, 1.54) is 10.6 Å². The molecule has 0 spiro atoms. The van der Waals surface area contributed by atoms with E-state index in [0.29, 0.717) is 23.5 Å². The molecular formula is C13H19N3O2S. The summed E-state index contributed by atoms with van der Waals surface area (Å²) in [4.78, 5) is 25.9. The van der Waals surface area contributed by atoms with Crippen LogP contribution in [0.15, 0.2) is 23.1 Å². The van der Waals surface area contributed by atoms with Crippen molar-refractivity contribution < 1.29 is 4.79 Å².